The van der Waals surface area contributed by atoms with Crippen molar-refractivity contribution >= 4 is 11.6 Å². The number of H-pyrrole nitrogens is 1. The maximum atomic E-state index is 12.9. The van der Waals surface area contributed by atoms with Gasteiger partial charge < -0.3 is 4.98 Å². The summed E-state index contributed by atoms with van der Waals surface area (Å²) in [6, 6.07) is 1.42. The van der Waals surface area contributed by atoms with Crippen molar-refractivity contribution in [3.63, 3.8) is 0 Å². The van der Waals surface area contributed by atoms with Gasteiger partial charge in [-0.15, -0.1) is 0 Å². The summed E-state index contributed by atoms with van der Waals surface area (Å²) in [5, 5.41) is 0. The topological polar surface area (TPSA) is 59.7 Å². The number of likely N-dealkylation sites (tertiary alicyclic amines) is 1. The molecule has 2 unspecified atom stereocenters. The molecule has 6 nitrogen and oxygen atoms in total. The van der Waals surface area contributed by atoms with E-state index < -0.39 is 0 Å². The van der Waals surface area contributed by atoms with Crippen LogP contribution in [0.5, 0.6) is 0 Å². The standard InChI is InChI=1S/C23H38N4O2/c1-6-20-22(19(5)28)18(4)24-23(20)21(29)15-26-11-9-25(10-12-26)13-14-27-16(2)7-8-17(27)3/h16-17,24H,6-15H2,1-5H3. The fourth-order valence-electron chi connectivity index (χ4n) is 5.14. The molecule has 1 N–H and O–H groups in total. The summed E-state index contributed by atoms with van der Waals surface area (Å²) in [5.74, 6) is 0.135. The summed E-state index contributed by atoms with van der Waals surface area (Å²) in [6.45, 7) is 16.7. The fraction of sp³-hybridized carbons (Fsp3) is 0.739. The molecule has 0 amide bonds. The predicted octanol–water partition coefficient (Wildman–Crippen LogP) is 2.76. The lowest BCUT2D eigenvalue weighted by Crippen LogP contribution is -2.50. The molecule has 6 heteroatoms. The summed E-state index contributed by atoms with van der Waals surface area (Å²) in [6.07, 6.45) is 3.34. The minimum absolute atomic E-state index is 0.0323. The van der Waals surface area contributed by atoms with Gasteiger partial charge >= 0.3 is 0 Å². The zero-order valence-corrected chi connectivity index (χ0v) is 18.9. The third-order valence-corrected chi connectivity index (χ3v) is 6.92. The minimum Gasteiger partial charge on any atom is -0.355 e. The lowest BCUT2D eigenvalue weighted by molar-refractivity contribution is 0.0816. The number of hydrogen-bond acceptors (Lipinski definition) is 5. The number of piperazine rings is 1. The molecule has 2 fully saturated rings. The van der Waals surface area contributed by atoms with E-state index in [-0.39, 0.29) is 11.6 Å². The predicted molar refractivity (Wildman–Crippen MR) is 117 cm³/mol. The van der Waals surface area contributed by atoms with Crippen molar-refractivity contribution in [2.75, 3.05) is 45.8 Å². The van der Waals surface area contributed by atoms with Gasteiger partial charge in [-0.3, -0.25) is 24.3 Å². The lowest BCUT2D eigenvalue weighted by atomic mass is 10.0. The highest BCUT2D eigenvalue weighted by Gasteiger charge is 2.28. The van der Waals surface area contributed by atoms with Gasteiger partial charge in [-0.05, 0) is 52.5 Å². The van der Waals surface area contributed by atoms with Crippen molar-refractivity contribution < 1.29 is 9.59 Å². The van der Waals surface area contributed by atoms with Crippen molar-refractivity contribution in [1.82, 2.24) is 19.7 Å². The number of Topliss-reactive ketones (excluding diaryl/α,β-unsaturated/α-hetero) is 2. The number of nitrogens with zero attached hydrogens (tertiary/aromatic N) is 3. The Morgan fingerprint density at radius 2 is 1.59 bits per heavy atom. The van der Waals surface area contributed by atoms with E-state index in [9.17, 15) is 9.59 Å². The Hall–Kier alpha value is -1.50. The van der Waals surface area contributed by atoms with Crippen LogP contribution >= 0.6 is 0 Å². The van der Waals surface area contributed by atoms with Crippen LogP contribution in [0.1, 0.15) is 72.6 Å². The number of aromatic amines is 1. The Labute approximate surface area is 175 Å². The maximum Gasteiger partial charge on any atom is 0.193 e. The van der Waals surface area contributed by atoms with Crippen LogP contribution in [-0.4, -0.2) is 89.1 Å². The molecule has 0 bridgehead atoms. The quantitative estimate of drug-likeness (QED) is 0.678. The van der Waals surface area contributed by atoms with Crippen LogP contribution in [0, 0.1) is 6.92 Å². The normalized spacial score (nSPS) is 24.3. The summed E-state index contributed by atoms with van der Waals surface area (Å²) in [4.78, 5) is 35.5. The van der Waals surface area contributed by atoms with Gasteiger partial charge in [0.1, 0.15) is 0 Å². The van der Waals surface area contributed by atoms with E-state index in [0.29, 0.717) is 36.3 Å². The zero-order valence-electron chi connectivity index (χ0n) is 18.9. The van der Waals surface area contributed by atoms with E-state index in [0.717, 1.165) is 50.5 Å². The molecule has 1 aromatic heterocycles. The molecular weight excluding hydrogens is 364 g/mol. The highest BCUT2D eigenvalue weighted by molar-refractivity contribution is 6.04. The fourth-order valence-corrected chi connectivity index (χ4v) is 5.14. The second-order valence-corrected chi connectivity index (χ2v) is 8.94. The molecule has 29 heavy (non-hydrogen) atoms. The summed E-state index contributed by atoms with van der Waals surface area (Å²) >= 11 is 0. The van der Waals surface area contributed by atoms with E-state index in [1.807, 2.05) is 13.8 Å². The van der Waals surface area contributed by atoms with Crippen molar-refractivity contribution in [2.45, 2.75) is 66.0 Å². The van der Waals surface area contributed by atoms with Crippen LogP contribution in [0.25, 0.3) is 0 Å². The van der Waals surface area contributed by atoms with Crippen LogP contribution in [0.2, 0.25) is 0 Å². The summed E-state index contributed by atoms with van der Waals surface area (Å²) in [5.41, 5.74) is 3.03. The number of aromatic nitrogens is 1. The average molecular weight is 403 g/mol. The first kappa shape index (κ1) is 22.2. The number of nitrogens with one attached hydrogen (secondary N) is 1. The van der Waals surface area contributed by atoms with Crippen molar-refractivity contribution in [3.05, 3.63) is 22.5 Å². The van der Waals surface area contributed by atoms with Crippen molar-refractivity contribution in [2.24, 2.45) is 0 Å². The molecular formula is C23H38N4O2. The SMILES string of the molecule is CCc1c(C(=O)CN2CCN(CCN3C(C)CCC3C)CC2)[nH]c(C)c1C(C)=O. The third-order valence-electron chi connectivity index (χ3n) is 6.92. The van der Waals surface area contributed by atoms with Gasteiger partial charge in [0.15, 0.2) is 11.6 Å². The Morgan fingerprint density at radius 1 is 1.00 bits per heavy atom. The van der Waals surface area contributed by atoms with E-state index in [2.05, 4.69) is 33.5 Å². The molecule has 3 rings (SSSR count). The van der Waals surface area contributed by atoms with Gasteiger partial charge in [-0.25, -0.2) is 0 Å². The second-order valence-electron chi connectivity index (χ2n) is 8.94. The number of carbonyl (C=O) groups is 2. The lowest BCUT2D eigenvalue weighted by Gasteiger charge is -2.36. The monoisotopic (exact) mass is 402 g/mol. The van der Waals surface area contributed by atoms with E-state index in [4.69, 9.17) is 0 Å². The van der Waals surface area contributed by atoms with Crippen LogP contribution < -0.4 is 0 Å². The molecule has 1 aromatic rings. The van der Waals surface area contributed by atoms with Gasteiger partial charge in [-0.2, -0.15) is 0 Å². The Balaban J connectivity index is 1.50. The molecule has 0 aliphatic carbocycles. The van der Waals surface area contributed by atoms with Crippen LogP contribution in [0.3, 0.4) is 0 Å². The molecule has 0 spiro atoms. The first-order chi connectivity index (χ1) is 13.8. The minimum atomic E-state index is 0.0323. The highest BCUT2D eigenvalue weighted by Crippen LogP contribution is 2.23. The van der Waals surface area contributed by atoms with Crippen LogP contribution in [-0.2, 0) is 6.42 Å². The highest BCUT2D eigenvalue weighted by atomic mass is 16.1. The average Bonchev–Trinajstić information content (AvgIpc) is 3.20. The first-order valence-corrected chi connectivity index (χ1v) is 11.3. The number of carbonyl (C=O) groups excluding carboxylic acids is 2. The third kappa shape index (κ3) is 4.98. The van der Waals surface area contributed by atoms with Crippen LogP contribution in [0.15, 0.2) is 0 Å². The molecule has 2 saturated heterocycles. The van der Waals surface area contributed by atoms with Gasteiger partial charge in [0, 0.05) is 62.6 Å². The number of rotatable bonds is 8. The second kappa shape index (κ2) is 9.54. The molecule has 0 aromatic carbocycles. The molecule has 2 aliphatic rings. The molecule has 0 radical (unpaired) electrons. The molecule has 0 saturated carbocycles. The zero-order chi connectivity index (χ0) is 21.1. The number of aryl methyl sites for hydroxylation is 1. The molecule has 162 valence electrons. The number of ketones is 2. The molecule has 2 atom stereocenters. The van der Waals surface area contributed by atoms with Gasteiger partial charge in [0.05, 0.1) is 12.2 Å². The Bertz CT molecular complexity index is 723. The summed E-state index contributed by atoms with van der Waals surface area (Å²) < 4.78 is 0. The van der Waals surface area contributed by atoms with E-state index in [1.54, 1.807) is 6.92 Å². The van der Waals surface area contributed by atoms with Crippen LogP contribution in [0.4, 0.5) is 0 Å². The van der Waals surface area contributed by atoms with Gasteiger partial charge in [0.25, 0.3) is 0 Å². The summed E-state index contributed by atoms with van der Waals surface area (Å²) in [7, 11) is 0. The smallest absolute Gasteiger partial charge is 0.193 e. The number of hydrogen-bond donors (Lipinski definition) is 1. The first-order valence-electron chi connectivity index (χ1n) is 11.3. The van der Waals surface area contributed by atoms with Gasteiger partial charge in [0.2, 0.25) is 0 Å². The van der Waals surface area contributed by atoms with Crippen molar-refractivity contribution in [1.29, 1.82) is 0 Å². The van der Waals surface area contributed by atoms with Gasteiger partial charge in [-0.1, -0.05) is 6.92 Å². The molecule has 2 aliphatic heterocycles. The Morgan fingerprint density at radius 3 is 2.14 bits per heavy atom. The van der Waals surface area contributed by atoms with Crippen molar-refractivity contribution in [3.8, 4) is 0 Å². The van der Waals surface area contributed by atoms with E-state index >= 15 is 0 Å². The van der Waals surface area contributed by atoms with E-state index in [1.165, 1.54) is 12.8 Å². The molecule has 3 heterocycles. The largest absolute Gasteiger partial charge is 0.355 e. The maximum absolute atomic E-state index is 12.9. The Kier molecular flexibility index (Phi) is 7.30.